The number of rotatable bonds is 2. The largest absolute Gasteiger partial charge is 0.384 e. The Morgan fingerprint density at radius 2 is 1.94 bits per heavy atom. The second kappa shape index (κ2) is 5.25. The number of hydrogen-bond acceptors (Lipinski definition) is 3. The molecule has 1 heterocycles. The molecule has 0 atom stereocenters. The molecule has 0 aliphatic heterocycles. The van der Waals surface area contributed by atoms with Crippen LogP contribution >= 0.6 is 23.2 Å². The highest BCUT2D eigenvalue weighted by Gasteiger charge is 2.07. The lowest BCUT2D eigenvalue weighted by molar-refractivity contribution is 0.102. The molecule has 6 heteroatoms. The molecule has 0 saturated heterocycles. The lowest BCUT2D eigenvalue weighted by Gasteiger charge is -2.06. The Bertz CT molecular complexity index is 602. The molecule has 2 rings (SSSR count). The van der Waals surface area contributed by atoms with E-state index in [0.29, 0.717) is 21.3 Å². The predicted molar refractivity (Wildman–Crippen MR) is 73.1 cm³/mol. The highest BCUT2D eigenvalue weighted by Crippen LogP contribution is 2.25. The Balaban J connectivity index is 2.18. The molecule has 2 aromatic rings. The van der Waals surface area contributed by atoms with Gasteiger partial charge in [-0.05, 0) is 30.3 Å². The average Bonchev–Trinajstić information content (AvgIpc) is 2.34. The minimum atomic E-state index is -0.289. The predicted octanol–water partition coefficient (Wildman–Crippen LogP) is 3.22. The molecular formula is C12H9Cl2N3O. The topological polar surface area (TPSA) is 68.0 Å². The van der Waals surface area contributed by atoms with Gasteiger partial charge in [0.1, 0.15) is 5.82 Å². The van der Waals surface area contributed by atoms with Crippen molar-refractivity contribution in [3.8, 4) is 0 Å². The summed E-state index contributed by atoms with van der Waals surface area (Å²) in [5.41, 5.74) is 6.49. The summed E-state index contributed by atoms with van der Waals surface area (Å²) in [6.07, 6.45) is 1.47. The zero-order valence-electron chi connectivity index (χ0n) is 9.15. The number of halogens is 2. The van der Waals surface area contributed by atoms with Gasteiger partial charge in [-0.2, -0.15) is 0 Å². The minimum Gasteiger partial charge on any atom is -0.384 e. The van der Waals surface area contributed by atoms with Crippen molar-refractivity contribution in [2.24, 2.45) is 0 Å². The third kappa shape index (κ3) is 2.91. The summed E-state index contributed by atoms with van der Waals surface area (Å²) in [7, 11) is 0. The van der Waals surface area contributed by atoms with Gasteiger partial charge >= 0.3 is 0 Å². The molecule has 3 N–H and O–H groups in total. The van der Waals surface area contributed by atoms with Gasteiger partial charge in [-0.1, -0.05) is 23.2 Å². The van der Waals surface area contributed by atoms with Crippen LogP contribution in [0.1, 0.15) is 10.4 Å². The van der Waals surface area contributed by atoms with Crippen molar-refractivity contribution in [3.05, 3.63) is 52.1 Å². The maximum absolute atomic E-state index is 11.9. The average molecular weight is 282 g/mol. The Kier molecular flexibility index (Phi) is 3.69. The third-order valence-corrected chi connectivity index (χ3v) is 2.96. The lowest BCUT2D eigenvalue weighted by atomic mass is 10.2. The van der Waals surface area contributed by atoms with Crippen molar-refractivity contribution in [1.29, 1.82) is 0 Å². The molecule has 18 heavy (non-hydrogen) atoms. The van der Waals surface area contributed by atoms with Crippen LogP contribution in [0.3, 0.4) is 0 Å². The van der Waals surface area contributed by atoms with Crippen LogP contribution in [0, 0.1) is 0 Å². The molecule has 0 spiro atoms. The van der Waals surface area contributed by atoms with Crippen LogP contribution in [0.5, 0.6) is 0 Å². The van der Waals surface area contributed by atoms with E-state index in [1.807, 2.05) is 0 Å². The van der Waals surface area contributed by atoms with Gasteiger partial charge in [-0.3, -0.25) is 4.79 Å². The molecule has 1 aromatic heterocycles. The zero-order chi connectivity index (χ0) is 13.1. The number of pyridine rings is 1. The molecule has 0 fully saturated rings. The number of carbonyl (C=O) groups excluding carboxylic acids is 1. The van der Waals surface area contributed by atoms with Crippen LogP contribution in [0.15, 0.2) is 36.5 Å². The monoisotopic (exact) mass is 281 g/mol. The molecule has 1 aromatic carbocycles. The number of nitrogens with zero attached hydrogens (tertiary/aromatic N) is 1. The quantitative estimate of drug-likeness (QED) is 0.888. The van der Waals surface area contributed by atoms with Crippen LogP contribution in [0.4, 0.5) is 11.5 Å². The molecule has 4 nitrogen and oxygen atoms in total. The molecule has 92 valence electrons. The third-order valence-electron chi connectivity index (χ3n) is 2.22. The molecule has 0 aliphatic carbocycles. The van der Waals surface area contributed by atoms with Crippen LogP contribution in [-0.2, 0) is 0 Å². The number of nitrogens with two attached hydrogens (primary N) is 1. The number of benzene rings is 1. The normalized spacial score (nSPS) is 10.1. The van der Waals surface area contributed by atoms with Crippen molar-refractivity contribution in [2.45, 2.75) is 0 Å². The standard InChI is InChI=1S/C12H9Cl2N3O/c13-9-2-1-8(6-10(9)14)17-12(18)7-3-4-16-11(15)5-7/h1-6H,(H2,15,16)(H,17,18). The maximum Gasteiger partial charge on any atom is 0.255 e. The van der Waals surface area contributed by atoms with Gasteiger partial charge in [0.05, 0.1) is 10.0 Å². The number of aromatic nitrogens is 1. The first-order valence-corrected chi connectivity index (χ1v) is 5.80. The smallest absolute Gasteiger partial charge is 0.255 e. The Morgan fingerprint density at radius 3 is 2.61 bits per heavy atom. The first-order valence-electron chi connectivity index (χ1n) is 5.04. The van der Waals surface area contributed by atoms with E-state index in [1.165, 1.54) is 12.3 Å². The number of hydrogen-bond donors (Lipinski definition) is 2. The summed E-state index contributed by atoms with van der Waals surface area (Å²) in [6.45, 7) is 0. The van der Waals surface area contributed by atoms with E-state index in [9.17, 15) is 4.79 Å². The van der Waals surface area contributed by atoms with Gasteiger partial charge in [-0.25, -0.2) is 4.98 Å². The summed E-state index contributed by atoms with van der Waals surface area (Å²) in [6, 6.07) is 7.92. The second-order valence-electron chi connectivity index (χ2n) is 3.55. The highest BCUT2D eigenvalue weighted by atomic mass is 35.5. The molecule has 0 aliphatic rings. The van der Waals surface area contributed by atoms with Crippen molar-refractivity contribution >= 4 is 40.6 Å². The highest BCUT2D eigenvalue weighted by molar-refractivity contribution is 6.42. The van der Waals surface area contributed by atoms with Crippen molar-refractivity contribution in [1.82, 2.24) is 4.98 Å². The number of nitrogen functional groups attached to an aromatic ring is 1. The summed E-state index contributed by atoms with van der Waals surface area (Å²) in [4.78, 5) is 15.7. The van der Waals surface area contributed by atoms with E-state index in [-0.39, 0.29) is 11.7 Å². The van der Waals surface area contributed by atoms with Gasteiger partial charge in [0.2, 0.25) is 0 Å². The summed E-state index contributed by atoms with van der Waals surface area (Å²) >= 11 is 11.6. The van der Waals surface area contributed by atoms with E-state index in [4.69, 9.17) is 28.9 Å². The van der Waals surface area contributed by atoms with Crippen LogP contribution in [0.2, 0.25) is 10.0 Å². The number of amides is 1. The Hall–Kier alpha value is -1.78. The minimum absolute atomic E-state index is 0.289. The van der Waals surface area contributed by atoms with E-state index in [0.717, 1.165) is 0 Å². The Labute approximate surface area is 114 Å². The van der Waals surface area contributed by atoms with E-state index < -0.39 is 0 Å². The van der Waals surface area contributed by atoms with Crippen molar-refractivity contribution in [3.63, 3.8) is 0 Å². The SMILES string of the molecule is Nc1cc(C(=O)Nc2ccc(Cl)c(Cl)c2)ccn1. The van der Waals surface area contributed by atoms with Gasteiger partial charge in [0.15, 0.2) is 0 Å². The van der Waals surface area contributed by atoms with Gasteiger partial charge in [0.25, 0.3) is 5.91 Å². The summed E-state index contributed by atoms with van der Waals surface area (Å²) < 4.78 is 0. The first kappa shape index (κ1) is 12.7. The van der Waals surface area contributed by atoms with Crippen molar-refractivity contribution in [2.75, 3.05) is 11.1 Å². The molecule has 0 radical (unpaired) electrons. The zero-order valence-corrected chi connectivity index (χ0v) is 10.7. The van der Waals surface area contributed by atoms with Crippen LogP contribution in [0.25, 0.3) is 0 Å². The molecule has 0 bridgehead atoms. The van der Waals surface area contributed by atoms with E-state index in [1.54, 1.807) is 24.3 Å². The van der Waals surface area contributed by atoms with Crippen LogP contribution in [-0.4, -0.2) is 10.9 Å². The summed E-state index contributed by atoms with van der Waals surface area (Å²) in [5, 5.41) is 3.50. The maximum atomic E-state index is 11.9. The number of anilines is 2. The van der Waals surface area contributed by atoms with Gasteiger partial charge in [-0.15, -0.1) is 0 Å². The summed E-state index contributed by atoms with van der Waals surface area (Å²) in [5.74, 6) is -0.000669. The van der Waals surface area contributed by atoms with E-state index in [2.05, 4.69) is 10.3 Å². The number of carbonyl (C=O) groups is 1. The van der Waals surface area contributed by atoms with Gasteiger partial charge < -0.3 is 11.1 Å². The van der Waals surface area contributed by atoms with Crippen LogP contribution < -0.4 is 11.1 Å². The molecule has 0 unspecified atom stereocenters. The van der Waals surface area contributed by atoms with Crippen molar-refractivity contribution < 1.29 is 4.79 Å². The molecule has 1 amide bonds. The Morgan fingerprint density at radius 1 is 1.17 bits per heavy atom. The van der Waals surface area contributed by atoms with E-state index >= 15 is 0 Å². The fourth-order valence-electron chi connectivity index (χ4n) is 1.37. The fraction of sp³-hybridized carbons (Fsp3) is 0. The molecular weight excluding hydrogens is 273 g/mol. The second-order valence-corrected chi connectivity index (χ2v) is 4.37. The van der Waals surface area contributed by atoms with Gasteiger partial charge in [0, 0.05) is 17.4 Å². The lowest BCUT2D eigenvalue weighted by Crippen LogP contribution is -2.12. The molecule has 0 saturated carbocycles. The first-order chi connectivity index (χ1) is 8.56. The number of nitrogens with one attached hydrogen (secondary N) is 1. The fourth-order valence-corrected chi connectivity index (χ4v) is 1.66.